The Morgan fingerprint density at radius 2 is 1.96 bits per heavy atom. The smallest absolute Gasteiger partial charge is 0.308 e. The zero-order valence-corrected chi connectivity index (χ0v) is 16.1. The first-order valence-corrected chi connectivity index (χ1v) is 10.2. The van der Waals surface area contributed by atoms with E-state index >= 15 is 0 Å². The van der Waals surface area contributed by atoms with E-state index in [0.717, 1.165) is 12.8 Å². The van der Waals surface area contributed by atoms with Crippen LogP contribution in [0.25, 0.3) is 0 Å². The Morgan fingerprint density at radius 3 is 2.58 bits per heavy atom. The highest BCUT2D eigenvalue weighted by Gasteiger charge is 2.42. The number of hydrogen-bond donors (Lipinski definition) is 3. The van der Waals surface area contributed by atoms with Crippen molar-refractivity contribution in [1.82, 2.24) is 10.0 Å². The van der Waals surface area contributed by atoms with Crippen molar-refractivity contribution in [2.75, 3.05) is 0 Å². The Labute approximate surface area is 154 Å². The van der Waals surface area contributed by atoms with E-state index in [9.17, 15) is 23.1 Å². The monoisotopic (exact) mass is 382 g/mol. The van der Waals surface area contributed by atoms with Gasteiger partial charge in [0.05, 0.1) is 16.4 Å². The number of nitrogens with one attached hydrogen (secondary N) is 2. The molecule has 0 heterocycles. The molecule has 3 N–H and O–H groups in total. The molecule has 1 aromatic rings. The average molecular weight is 382 g/mol. The van der Waals surface area contributed by atoms with Gasteiger partial charge >= 0.3 is 5.97 Å². The second kappa shape index (κ2) is 7.75. The molecule has 144 valence electrons. The Balaban J connectivity index is 2.25. The van der Waals surface area contributed by atoms with Crippen LogP contribution in [-0.2, 0) is 14.8 Å². The SMILES string of the molecule is CC(C)NS(=O)(=O)c1cccc(C(=O)NC2(C)CCCCC2C(=O)O)c1. The fourth-order valence-corrected chi connectivity index (χ4v) is 4.69. The first-order chi connectivity index (χ1) is 12.0. The zero-order chi connectivity index (χ0) is 19.5. The first-order valence-electron chi connectivity index (χ1n) is 8.73. The molecule has 0 radical (unpaired) electrons. The van der Waals surface area contributed by atoms with Gasteiger partial charge in [-0.05, 0) is 51.8 Å². The van der Waals surface area contributed by atoms with Crippen molar-refractivity contribution in [2.24, 2.45) is 5.92 Å². The molecule has 0 saturated heterocycles. The number of carboxylic acids is 1. The number of benzene rings is 1. The summed E-state index contributed by atoms with van der Waals surface area (Å²) >= 11 is 0. The molecule has 0 aliphatic heterocycles. The van der Waals surface area contributed by atoms with Gasteiger partial charge < -0.3 is 10.4 Å². The van der Waals surface area contributed by atoms with Gasteiger partial charge in [0, 0.05) is 11.6 Å². The van der Waals surface area contributed by atoms with Gasteiger partial charge in [0.15, 0.2) is 0 Å². The van der Waals surface area contributed by atoms with E-state index < -0.39 is 33.4 Å². The second-order valence-corrected chi connectivity index (χ2v) is 9.03. The van der Waals surface area contributed by atoms with Crippen LogP contribution in [0, 0.1) is 5.92 Å². The van der Waals surface area contributed by atoms with Gasteiger partial charge in [0.2, 0.25) is 10.0 Å². The van der Waals surface area contributed by atoms with E-state index in [2.05, 4.69) is 10.0 Å². The predicted molar refractivity (Wildman–Crippen MR) is 97.4 cm³/mol. The molecule has 2 rings (SSSR count). The number of amides is 1. The lowest BCUT2D eigenvalue weighted by Crippen LogP contribution is -2.55. The van der Waals surface area contributed by atoms with Crippen LogP contribution >= 0.6 is 0 Å². The number of rotatable bonds is 6. The van der Waals surface area contributed by atoms with Gasteiger partial charge in [0.1, 0.15) is 0 Å². The number of aliphatic carboxylic acids is 1. The van der Waals surface area contributed by atoms with E-state index in [1.165, 1.54) is 24.3 Å². The van der Waals surface area contributed by atoms with Crippen LogP contribution in [-0.4, -0.2) is 37.0 Å². The summed E-state index contributed by atoms with van der Waals surface area (Å²) in [6.07, 6.45) is 2.74. The van der Waals surface area contributed by atoms with Crippen LogP contribution in [0.3, 0.4) is 0 Å². The van der Waals surface area contributed by atoms with E-state index in [1.807, 2.05) is 0 Å². The Kier molecular flexibility index (Phi) is 6.08. The summed E-state index contributed by atoms with van der Waals surface area (Å²) in [4.78, 5) is 24.2. The number of carboxylic acid groups (broad SMARTS) is 1. The fraction of sp³-hybridized carbons (Fsp3) is 0.556. The highest BCUT2D eigenvalue weighted by atomic mass is 32.2. The minimum absolute atomic E-state index is 0.00225. The van der Waals surface area contributed by atoms with Crippen LogP contribution in [0.1, 0.15) is 56.8 Å². The molecule has 1 aliphatic carbocycles. The summed E-state index contributed by atoms with van der Waals surface area (Å²) in [7, 11) is -3.71. The van der Waals surface area contributed by atoms with Gasteiger partial charge in [-0.3, -0.25) is 9.59 Å². The Hall–Kier alpha value is -1.93. The normalized spacial score (nSPS) is 23.6. The van der Waals surface area contributed by atoms with Crippen LogP contribution < -0.4 is 10.0 Å². The van der Waals surface area contributed by atoms with E-state index in [-0.39, 0.29) is 16.5 Å². The maximum absolute atomic E-state index is 12.7. The molecule has 1 amide bonds. The lowest BCUT2D eigenvalue weighted by Gasteiger charge is -2.39. The van der Waals surface area contributed by atoms with Gasteiger partial charge in [-0.15, -0.1) is 0 Å². The van der Waals surface area contributed by atoms with Crippen molar-refractivity contribution in [3.05, 3.63) is 29.8 Å². The van der Waals surface area contributed by atoms with Gasteiger partial charge in [-0.25, -0.2) is 13.1 Å². The minimum Gasteiger partial charge on any atom is -0.481 e. The number of hydrogen-bond acceptors (Lipinski definition) is 4. The van der Waals surface area contributed by atoms with Crippen LogP contribution in [0.4, 0.5) is 0 Å². The molecule has 2 unspecified atom stereocenters. The quantitative estimate of drug-likeness (QED) is 0.698. The maximum Gasteiger partial charge on any atom is 0.308 e. The average Bonchev–Trinajstić information content (AvgIpc) is 2.53. The summed E-state index contributed by atoms with van der Waals surface area (Å²) in [5, 5.41) is 12.3. The minimum atomic E-state index is -3.71. The van der Waals surface area contributed by atoms with Crippen molar-refractivity contribution >= 4 is 21.9 Å². The van der Waals surface area contributed by atoms with E-state index in [4.69, 9.17) is 0 Å². The molecule has 1 fully saturated rings. The Bertz CT molecular complexity index is 791. The molecule has 26 heavy (non-hydrogen) atoms. The van der Waals surface area contributed by atoms with E-state index in [1.54, 1.807) is 20.8 Å². The lowest BCUT2D eigenvalue weighted by molar-refractivity contribution is -0.145. The number of carbonyl (C=O) groups excluding carboxylic acids is 1. The predicted octanol–water partition coefficient (Wildman–Crippen LogP) is 2.14. The van der Waals surface area contributed by atoms with Gasteiger partial charge in [0.25, 0.3) is 5.91 Å². The van der Waals surface area contributed by atoms with Crippen molar-refractivity contribution in [1.29, 1.82) is 0 Å². The molecule has 1 saturated carbocycles. The molecule has 0 aromatic heterocycles. The molecule has 7 nitrogen and oxygen atoms in total. The molecular weight excluding hydrogens is 356 g/mol. The molecule has 0 bridgehead atoms. The topological polar surface area (TPSA) is 113 Å². The largest absolute Gasteiger partial charge is 0.481 e. The third-order valence-electron chi connectivity index (χ3n) is 4.70. The molecule has 1 aromatic carbocycles. The fourth-order valence-electron chi connectivity index (χ4n) is 3.39. The summed E-state index contributed by atoms with van der Waals surface area (Å²) in [6.45, 7) is 5.16. The van der Waals surface area contributed by atoms with Crippen molar-refractivity contribution in [3.8, 4) is 0 Å². The molecular formula is C18H26N2O5S. The standard InChI is InChI=1S/C18H26N2O5S/c1-12(2)20-26(24,25)14-8-6-7-13(11-14)16(21)19-18(3)10-5-4-9-15(18)17(22)23/h6-8,11-12,15,20H,4-5,9-10H2,1-3H3,(H,19,21)(H,22,23). The van der Waals surface area contributed by atoms with Crippen molar-refractivity contribution in [2.45, 2.75) is 62.9 Å². The zero-order valence-electron chi connectivity index (χ0n) is 15.3. The van der Waals surface area contributed by atoms with E-state index in [0.29, 0.717) is 12.8 Å². The molecule has 8 heteroatoms. The first kappa shape index (κ1) is 20.4. The van der Waals surface area contributed by atoms with Crippen molar-refractivity contribution < 1.29 is 23.1 Å². The molecule has 0 spiro atoms. The third-order valence-corrected chi connectivity index (χ3v) is 6.36. The van der Waals surface area contributed by atoms with Crippen molar-refractivity contribution in [3.63, 3.8) is 0 Å². The summed E-state index contributed by atoms with van der Waals surface area (Å²) in [6, 6.07) is 5.48. The summed E-state index contributed by atoms with van der Waals surface area (Å²) in [5.74, 6) is -2.05. The third kappa shape index (κ3) is 4.62. The van der Waals surface area contributed by atoms with Crippen LogP contribution in [0.2, 0.25) is 0 Å². The highest BCUT2D eigenvalue weighted by molar-refractivity contribution is 7.89. The summed E-state index contributed by atoms with van der Waals surface area (Å²) in [5.41, 5.74) is -0.667. The molecule has 1 aliphatic rings. The van der Waals surface area contributed by atoms with Gasteiger partial charge in [-0.1, -0.05) is 18.9 Å². The maximum atomic E-state index is 12.7. The van der Waals surface area contributed by atoms with Gasteiger partial charge in [-0.2, -0.15) is 0 Å². The number of sulfonamides is 1. The molecule has 2 atom stereocenters. The van der Waals surface area contributed by atoms with Crippen LogP contribution in [0.5, 0.6) is 0 Å². The lowest BCUT2D eigenvalue weighted by atomic mass is 9.73. The summed E-state index contributed by atoms with van der Waals surface area (Å²) < 4.78 is 27.1. The van der Waals surface area contributed by atoms with Crippen LogP contribution in [0.15, 0.2) is 29.2 Å². The Morgan fingerprint density at radius 1 is 1.27 bits per heavy atom. The number of carbonyl (C=O) groups is 2. The highest BCUT2D eigenvalue weighted by Crippen LogP contribution is 2.34. The second-order valence-electron chi connectivity index (χ2n) is 7.31.